The largest absolute Gasteiger partial charge is 0.492 e. The van der Waals surface area contributed by atoms with Gasteiger partial charge in [-0.25, -0.2) is 17.9 Å². The van der Waals surface area contributed by atoms with E-state index in [4.69, 9.17) is 9.47 Å². The van der Waals surface area contributed by atoms with Gasteiger partial charge in [-0.05, 0) is 75.6 Å². The van der Waals surface area contributed by atoms with Gasteiger partial charge in [0, 0.05) is 11.7 Å². The van der Waals surface area contributed by atoms with Gasteiger partial charge in [0.05, 0.1) is 31.0 Å². The number of amides is 2. The second kappa shape index (κ2) is 14.4. The van der Waals surface area contributed by atoms with Crippen LogP contribution < -0.4 is 14.8 Å². The maximum Gasteiger partial charge on any atom is 0.410 e. The number of sulfonamides is 1. The lowest BCUT2D eigenvalue weighted by atomic mass is 10.0. The Hall–Kier alpha value is -4.09. The van der Waals surface area contributed by atoms with Crippen molar-refractivity contribution in [3.63, 3.8) is 0 Å². The number of aliphatic hydroxyl groups excluding tert-OH is 1. The van der Waals surface area contributed by atoms with Crippen molar-refractivity contribution in [1.82, 2.24) is 9.62 Å². The zero-order valence-corrected chi connectivity index (χ0v) is 26.3. The molecule has 0 aliphatic rings. The number of benzene rings is 3. The van der Waals surface area contributed by atoms with Crippen molar-refractivity contribution >= 4 is 27.7 Å². The molecule has 3 rings (SSSR count). The van der Waals surface area contributed by atoms with Crippen molar-refractivity contribution in [3.05, 3.63) is 83.9 Å². The molecule has 3 aromatic carbocycles. The lowest BCUT2D eigenvalue weighted by molar-refractivity contribution is 0.0117. The summed E-state index contributed by atoms with van der Waals surface area (Å²) < 4.78 is 36.6. The Morgan fingerprint density at radius 3 is 2.16 bits per heavy atom. The molecule has 0 saturated heterocycles. The highest BCUT2D eigenvalue weighted by Crippen LogP contribution is 2.28. The van der Waals surface area contributed by atoms with Crippen LogP contribution in [0.2, 0.25) is 0 Å². The molecule has 0 unspecified atom stereocenters. The number of hydrogen-bond acceptors (Lipinski definition) is 8. The van der Waals surface area contributed by atoms with Crippen LogP contribution in [0.3, 0.4) is 0 Å². The Balaban J connectivity index is 1.70. The number of carbonyl (C=O) groups excluding carboxylic acids is 2. The number of aliphatic hydroxyl groups is 1. The molecule has 2 amide bonds. The SMILES string of the molecule is CC(C)Nc1cc(-c2ccc(OCCN(C[C@H](O)c3ccccc3)C(=O)OC(C)(C)C)cc2)ccc1C(=O)NS(C)(=O)=O. The maximum absolute atomic E-state index is 12.9. The van der Waals surface area contributed by atoms with Crippen LogP contribution in [0, 0.1) is 0 Å². The molecule has 0 radical (unpaired) electrons. The highest BCUT2D eigenvalue weighted by Gasteiger charge is 2.25. The minimum atomic E-state index is -3.71. The van der Waals surface area contributed by atoms with Crippen LogP contribution in [0.4, 0.5) is 10.5 Å². The van der Waals surface area contributed by atoms with Gasteiger partial charge >= 0.3 is 6.09 Å². The minimum Gasteiger partial charge on any atom is -0.492 e. The Kier molecular flexibility index (Phi) is 11.2. The fourth-order valence-corrected chi connectivity index (χ4v) is 4.61. The average molecular weight is 612 g/mol. The summed E-state index contributed by atoms with van der Waals surface area (Å²) in [5.41, 5.74) is 2.41. The quantitative estimate of drug-likeness (QED) is 0.254. The summed E-state index contributed by atoms with van der Waals surface area (Å²) in [4.78, 5) is 26.9. The number of nitrogens with one attached hydrogen (secondary N) is 2. The van der Waals surface area contributed by atoms with Crippen molar-refractivity contribution in [3.8, 4) is 16.9 Å². The van der Waals surface area contributed by atoms with Gasteiger partial charge in [-0.1, -0.05) is 48.5 Å². The van der Waals surface area contributed by atoms with Crippen LogP contribution in [0.15, 0.2) is 72.8 Å². The van der Waals surface area contributed by atoms with E-state index >= 15 is 0 Å². The van der Waals surface area contributed by atoms with E-state index < -0.39 is 33.7 Å². The Bertz CT molecular complexity index is 1490. The second-order valence-electron chi connectivity index (χ2n) is 11.5. The topological polar surface area (TPSA) is 134 Å². The van der Waals surface area contributed by atoms with Gasteiger partial charge in [-0.2, -0.15) is 0 Å². The normalized spacial score (nSPS) is 12.4. The molecule has 0 aliphatic carbocycles. The highest BCUT2D eigenvalue weighted by atomic mass is 32.2. The predicted octanol–water partition coefficient (Wildman–Crippen LogP) is 5.21. The minimum absolute atomic E-state index is 0.00450. The van der Waals surface area contributed by atoms with Gasteiger partial charge < -0.3 is 24.8 Å². The number of anilines is 1. The van der Waals surface area contributed by atoms with Crippen molar-refractivity contribution in [2.24, 2.45) is 0 Å². The molecule has 43 heavy (non-hydrogen) atoms. The van der Waals surface area contributed by atoms with E-state index in [0.717, 1.165) is 17.4 Å². The first-order valence-corrected chi connectivity index (χ1v) is 15.9. The summed E-state index contributed by atoms with van der Waals surface area (Å²) >= 11 is 0. The Labute approximate surface area is 254 Å². The van der Waals surface area contributed by atoms with E-state index in [2.05, 4.69) is 5.32 Å². The molecule has 0 aliphatic heterocycles. The third kappa shape index (κ3) is 10.9. The standard InChI is InChI=1S/C32H41N3O7S/c1-22(2)33-28-20-25(14-17-27(28)30(37)34-43(6,39)40)23-12-15-26(16-13-23)41-19-18-35(31(38)42-32(3,4)5)21-29(36)24-10-8-7-9-11-24/h7-17,20,22,29,33,36H,18-19,21H2,1-6H3,(H,34,37)/t29-/m0/s1. The second-order valence-corrected chi connectivity index (χ2v) is 13.2. The lowest BCUT2D eigenvalue weighted by Crippen LogP contribution is -2.41. The van der Waals surface area contributed by atoms with Gasteiger partial charge in [0.15, 0.2) is 0 Å². The van der Waals surface area contributed by atoms with Crippen LogP contribution in [0.5, 0.6) is 5.75 Å². The van der Waals surface area contributed by atoms with Gasteiger partial charge in [-0.15, -0.1) is 0 Å². The van der Waals surface area contributed by atoms with E-state index in [0.29, 0.717) is 17.0 Å². The van der Waals surface area contributed by atoms with E-state index in [1.165, 1.54) is 4.90 Å². The summed E-state index contributed by atoms with van der Waals surface area (Å²) in [5, 5.41) is 13.9. The molecule has 3 aromatic rings. The Morgan fingerprint density at radius 1 is 0.953 bits per heavy atom. The fourth-order valence-electron chi connectivity index (χ4n) is 4.17. The molecule has 232 valence electrons. The first-order chi connectivity index (χ1) is 20.1. The zero-order valence-electron chi connectivity index (χ0n) is 25.5. The summed E-state index contributed by atoms with van der Waals surface area (Å²) in [7, 11) is -3.71. The highest BCUT2D eigenvalue weighted by molar-refractivity contribution is 7.89. The molecular formula is C32H41N3O7S. The molecule has 3 N–H and O–H groups in total. The summed E-state index contributed by atoms with van der Waals surface area (Å²) in [6.45, 7) is 9.62. The molecule has 11 heteroatoms. The predicted molar refractivity (Wildman–Crippen MR) is 168 cm³/mol. The Morgan fingerprint density at radius 2 is 1.58 bits per heavy atom. The molecule has 1 atom stereocenters. The average Bonchev–Trinajstić information content (AvgIpc) is 2.91. The monoisotopic (exact) mass is 611 g/mol. The van der Waals surface area contributed by atoms with Crippen LogP contribution in [0.25, 0.3) is 11.1 Å². The fraction of sp³-hybridized carbons (Fsp3) is 0.375. The summed E-state index contributed by atoms with van der Waals surface area (Å²) in [5.74, 6) is -0.126. The van der Waals surface area contributed by atoms with Gasteiger partial charge in [0.1, 0.15) is 18.0 Å². The van der Waals surface area contributed by atoms with Crippen LogP contribution in [-0.4, -0.2) is 68.0 Å². The van der Waals surface area contributed by atoms with Crippen molar-refractivity contribution < 1.29 is 32.6 Å². The van der Waals surface area contributed by atoms with E-state index in [-0.39, 0.29) is 31.3 Å². The number of ether oxygens (including phenoxy) is 2. The molecule has 0 saturated carbocycles. The van der Waals surface area contributed by atoms with Crippen LogP contribution >= 0.6 is 0 Å². The first-order valence-electron chi connectivity index (χ1n) is 14.0. The van der Waals surface area contributed by atoms with Crippen molar-refractivity contribution in [2.75, 3.05) is 31.3 Å². The maximum atomic E-state index is 12.9. The smallest absolute Gasteiger partial charge is 0.410 e. The molecule has 0 bridgehead atoms. The number of nitrogens with zero attached hydrogens (tertiary/aromatic N) is 1. The first kappa shape index (κ1) is 33.4. The number of rotatable bonds is 12. The molecule has 0 fully saturated rings. The molecule has 0 aromatic heterocycles. The molecule has 10 nitrogen and oxygen atoms in total. The molecule has 0 heterocycles. The summed E-state index contributed by atoms with van der Waals surface area (Å²) in [6, 6.07) is 21.6. The van der Waals surface area contributed by atoms with Gasteiger partial charge in [-0.3, -0.25) is 4.79 Å². The van der Waals surface area contributed by atoms with Crippen LogP contribution in [-0.2, 0) is 14.8 Å². The van der Waals surface area contributed by atoms with Crippen molar-refractivity contribution in [2.45, 2.75) is 52.4 Å². The van der Waals surface area contributed by atoms with E-state index in [1.54, 1.807) is 63.2 Å². The third-order valence-corrected chi connectivity index (χ3v) is 6.59. The number of hydrogen-bond donors (Lipinski definition) is 3. The third-order valence-electron chi connectivity index (χ3n) is 6.03. The van der Waals surface area contributed by atoms with Crippen molar-refractivity contribution in [1.29, 1.82) is 0 Å². The molecule has 0 spiro atoms. The van der Waals surface area contributed by atoms with Crippen LogP contribution in [0.1, 0.15) is 56.6 Å². The van der Waals surface area contributed by atoms with Gasteiger partial charge in [0.25, 0.3) is 5.91 Å². The van der Waals surface area contributed by atoms with Gasteiger partial charge in [0.2, 0.25) is 10.0 Å². The number of carbonyl (C=O) groups is 2. The van der Waals surface area contributed by atoms with E-state index in [1.807, 2.05) is 48.9 Å². The molecular weight excluding hydrogens is 570 g/mol. The van der Waals surface area contributed by atoms with E-state index in [9.17, 15) is 23.1 Å². The zero-order chi connectivity index (χ0) is 31.8. The lowest BCUT2D eigenvalue weighted by Gasteiger charge is -2.29. The summed E-state index contributed by atoms with van der Waals surface area (Å²) in [6.07, 6.45) is -0.491.